The number of anilines is 1. The smallest absolute Gasteiger partial charge is 0.265 e. The van der Waals surface area contributed by atoms with Crippen LogP contribution in [0, 0.1) is 12.3 Å². The maximum absolute atomic E-state index is 12.7. The zero-order chi connectivity index (χ0) is 18.2. The van der Waals surface area contributed by atoms with Crippen LogP contribution in [-0.2, 0) is 10.4 Å². The van der Waals surface area contributed by atoms with E-state index in [0.29, 0.717) is 5.69 Å². The van der Waals surface area contributed by atoms with Crippen LogP contribution < -0.4 is 4.90 Å². The van der Waals surface area contributed by atoms with Crippen molar-refractivity contribution >= 4 is 17.4 Å². The number of terminal acetylenes is 1. The minimum absolute atomic E-state index is 0.0380. The number of Topliss-reactive ketones (excluding diaryl/α,β-unsaturated/α-hetero) is 1. The number of phenols is 2. The highest BCUT2D eigenvalue weighted by molar-refractivity contribution is 6.11. The molecular formula is C19H15NO5. The molecule has 1 aliphatic rings. The van der Waals surface area contributed by atoms with Gasteiger partial charge in [-0.1, -0.05) is 24.1 Å². The lowest BCUT2D eigenvalue weighted by Gasteiger charge is -2.22. The van der Waals surface area contributed by atoms with E-state index in [9.17, 15) is 24.9 Å². The summed E-state index contributed by atoms with van der Waals surface area (Å²) < 4.78 is 0. The van der Waals surface area contributed by atoms with Gasteiger partial charge in [-0.15, -0.1) is 6.42 Å². The molecule has 3 rings (SSSR count). The van der Waals surface area contributed by atoms with Gasteiger partial charge in [0.15, 0.2) is 11.4 Å². The van der Waals surface area contributed by atoms with E-state index in [1.165, 1.54) is 17.0 Å². The second-order valence-corrected chi connectivity index (χ2v) is 5.77. The molecule has 6 nitrogen and oxygen atoms in total. The molecule has 0 saturated heterocycles. The van der Waals surface area contributed by atoms with Crippen molar-refractivity contribution in [3.05, 3.63) is 53.6 Å². The van der Waals surface area contributed by atoms with Crippen LogP contribution in [-0.4, -0.2) is 33.6 Å². The first kappa shape index (κ1) is 16.6. The van der Waals surface area contributed by atoms with Crippen molar-refractivity contribution in [2.75, 3.05) is 11.4 Å². The maximum atomic E-state index is 12.7. The number of hydrogen-bond donors (Lipinski definition) is 3. The largest absolute Gasteiger partial charge is 0.508 e. The Bertz CT molecular complexity index is 914. The molecule has 25 heavy (non-hydrogen) atoms. The third kappa shape index (κ3) is 2.61. The molecule has 0 saturated carbocycles. The molecule has 0 fully saturated rings. The molecule has 2 aromatic rings. The number of fused-ring (bicyclic) bond motifs is 1. The van der Waals surface area contributed by atoms with Crippen LogP contribution in [0.15, 0.2) is 42.5 Å². The second kappa shape index (κ2) is 5.96. The molecule has 6 heteroatoms. The van der Waals surface area contributed by atoms with Crippen LogP contribution in [0.4, 0.5) is 5.69 Å². The van der Waals surface area contributed by atoms with Gasteiger partial charge in [0, 0.05) is 5.56 Å². The summed E-state index contributed by atoms with van der Waals surface area (Å²) in [5.74, 6) is 0.432. The van der Waals surface area contributed by atoms with Gasteiger partial charge < -0.3 is 15.3 Å². The van der Waals surface area contributed by atoms with Crippen molar-refractivity contribution in [1.82, 2.24) is 0 Å². The number of hydrogen-bond acceptors (Lipinski definition) is 5. The lowest BCUT2D eigenvalue weighted by molar-refractivity contribution is -0.135. The van der Waals surface area contributed by atoms with E-state index < -0.39 is 23.7 Å². The molecule has 126 valence electrons. The molecule has 0 bridgehead atoms. The van der Waals surface area contributed by atoms with Crippen LogP contribution >= 0.6 is 0 Å². The van der Waals surface area contributed by atoms with E-state index in [0.717, 1.165) is 6.07 Å². The molecule has 1 heterocycles. The summed E-state index contributed by atoms with van der Waals surface area (Å²) in [4.78, 5) is 26.5. The highest BCUT2D eigenvalue weighted by atomic mass is 16.3. The summed E-state index contributed by atoms with van der Waals surface area (Å²) in [6.45, 7) is -0.0380. The van der Waals surface area contributed by atoms with Crippen molar-refractivity contribution in [1.29, 1.82) is 0 Å². The predicted molar refractivity (Wildman–Crippen MR) is 90.2 cm³/mol. The third-order valence-corrected chi connectivity index (χ3v) is 4.19. The van der Waals surface area contributed by atoms with Crippen molar-refractivity contribution in [3.8, 4) is 23.8 Å². The van der Waals surface area contributed by atoms with E-state index in [4.69, 9.17) is 6.42 Å². The Morgan fingerprint density at radius 1 is 1.20 bits per heavy atom. The highest BCUT2D eigenvalue weighted by Crippen LogP contribution is 2.43. The Morgan fingerprint density at radius 2 is 1.92 bits per heavy atom. The number of carbonyl (C=O) groups excluding carboxylic acids is 2. The lowest BCUT2D eigenvalue weighted by Crippen LogP contribution is -2.42. The van der Waals surface area contributed by atoms with Crippen molar-refractivity contribution < 1.29 is 24.9 Å². The van der Waals surface area contributed by atoms with Gasteiger partial charge in [-0.25, -0.2) is 0 Å². The average Bonchev–Trinajstić information content (AvgIpc) is 2.80. The minimum atomic E-state index is -2.08. The fraction of sp³-hybridized carbons (Fsp3) is 0.158. The molecule has 1 atom stereocenters. The van der Waals surface area contributed by atoms with Gasteiger partial charge in [0.25, 0.3) is 5.91 Å². The van der Waals surface area contributed by atoms with Crippen molar-refractivity contribution in [2.24, 2.45) is 0 Å². The molecule has 1 unspecified atom stereocenters. The quantitative estimate of drug-likeness (QED) is 0.447. The summed E-state index contributed by atoms with van der Waals surface area (Å²) in [6.07, 6.45) is 4.71. The molecule has 3 N–H and O–H groups in total. The van der Waals surface area contributed by atoms with Gasteiger partial charge in [-0.3, -0.25) is 14.5 Å². The average molecular weight is 337 g/mol. The third-order valence-electron chi connectivity index (χ3n) is 4.19. The number of aliphatic hydroxyl groups is 1. The first-order valence-electron chi connectivity index (χ1n) is 7.51. The summed E-state index contributed by atoms with van der Waals surface area (Å²) in [5, 5.41) is 30.3. The SMILES string of the molecule is C#CCN1C(=O)C(O)(CC(=O)c2cc(O)ccc2O)c2ccccc21. The predicted octanol–water partition coefficient (Wildman–Crippen LogP) is 1.54. The van der Waals surface area contributed by atoms with Crippen LogP contribution in [0.1, 0.15) is 22.3 Å². The van der Waals surface area contributed by atoms with E-state index >= 15 is 0 Å². The van der Waals surface area contributed by atoms with Gasteiger partial charge in [-0.05, 0) is 24.3 Å². The van der Waals surface area contributed by atoms with E-state index in [2.05, 4.69) is 5.92 Å². The molecule has 0 aliphatic carbocycles. The minimum Gasteiger partial charge on any atom is -0.508 e. The Morgan fingerprint density at radius 3 is 2.64 bits per heavy atom. The van der Waals surface area contributed by atoms with Gasteiger partial charge in [-0.2, -0.15) is 0 Å². The standard InChI is InChI=1S/C19H15NO5/c1-2-9-20-15-6-4-3-5-14(15)19(25,18(20)24)11-17(23)13-10-12(21)7-8-16(13)22/h1,3-8,10,21-22,25H,9,11H2. The number of amides is 1. The fourth-order valence-electron chi connectivity index (χ4n) is 3.00. The first-order valence-corrected chi connectivity index (χ1v) is 7.51. The number of ketones is 1. The Hall–Kier alpha value is -3.30. The number of benzene rings is 2. The number of carbonyl (C=O) groups is 2. The molecule has 0 spiro atoms. The normalized spacial score (nSPS) is 18.7. The van der Waals surface area contributed by atoms with Gasteiger partial charge in [0.2, 0.25) is 0 Å². The van der Waals surface area contributed by atoms with E-state index in [-0.39, 0.29) is 29.2 Å². The Labute approximate surface area is 144 Å². The number of rotatable bonds is 4. The zero-order valence-electron chi connectivity index (χ0n) is 13.1. The van der Waals surface area contributed by atoms with Crippen LogP contribution in [0.5, 0.6) is 11.5 Å². The summed E-state index contributed by atoms with van der Waals surface area (Å²) >= 11 is 0. The molecule has 0 radical (unpaired) electrons. The van der Waals surface area contributed by atoms with Gasteiger partial charge in [0.05, 0.1) is 24.2 Å². The molecular weight excluding hydrogens is 322 g/mol. The number of phenolic OH excluding ortho intramolecular Hbond substituents is 2. The van der Waals surface area contributed by atoms with E-state index in [1.807, 2.05) is 0 Å². The zero-order valence-corrected chi connectivity index (χ0v) is 13.1. The summed E-state index contributed by atoms with van der Waals surface area (Å²) in [5.41, 5.74) is -1.53. The Kier molecular flexibility index (Phi) is 3.95. The highest BCUT2D eigenvalue weighted by Gasteiger charge is 2.50. The fourth-order valence-corrected chi connectivity index (χ4v) is 3.00. The van der Waals surface area contributed by atoms with Gasteiger partial charge in [0.1, 0.15) is 11.5 Å². The number of aromatic hydroxyl groups is 2. The number of nitrogens with zero attached hydrogens (tertiary/aromatic N) is 1. The summed E-state index contributed by atoms with van der Waals surface area (Å²) in [7, 11) is 0. The monoisotopic (exact) mass is 337 g/mol. The molecule has 2 aromatic carbocycles. The first-order chi connectivity index (χ1) is 11.9. The maximum Gasteiger partial charge on any atom is 0.265 e. The summed E-state index contributed by atoms with van der Waals surface area (Å²) in [6, 6.07) is 10.0. The van der Waals surface area contributed by atoms with E-state index in [1.54, 1.807) is 24.3 Å². The lowest BCUT2D eigenvalue weighted by atomic mass is 9.88. The second-order valence-electron chi connectivity index (χ2n) is 5.77. The van der Waals surface area contributed by atoms with Crippen molar-refractivity contribution in [2.45, 2.75) is 12.0 Å². The van der Waals surface area contributed by atoms with Crippen molar-refractivity contribution in [3.63, 3.8) is 0 Å². The molecule has 1 aliphatic heterocycles. The van der Waals surface area contributed by atoms with Crippen LogP contribution in [0.3, 0.4) is 0 Å². The Balaban J connectivity index is 2.01. The van der Waals surface area contributed by atoms with Crippen LogP contribution in [0.25, 0.3) is 0 Å². The number of para-hydroxylation sites is 1. The topological polar surface area (TPSA) is 98.1 Å². The van der Waals surface area contributed by atoms with Crippen LogP contribution in [0.2, 0.25) is 0 Å². The molecule has 1 amide bonds. The molecule has 0 aromatic heterocycles. The van der Waals surface area contributed by atoms with Gasteiger partial charge >= 0.3 is 0 Å².